The molecule has 0 radical (unpaired) electrons. The summed E-state index contributed by atoms with van der Waals surface area (Å²) in [5.74, 6) is -6.44. The molecule has 4 aromatic rings. The summed E-state index contributed by atoms with van der Waals surface area (Å²) in [5, 5.41) is 2.63. The largest absolute Gasteiger partial charge is 0.397 e. The first-order chi connectivity index (χ1) is 19.3. The van der Waals surface area contributed by atoms with Gasteiger partial charge in [-0.1, -0.05) is 25.4 Å². The number of hydrogen-bond donors (Lipinski definition) is 2. The smallest absolute Gasteiger partial charge is 0.355 e. The molecule has 1 saturated heterocycles. The SMILES string of the molecule is Cc1ccnc(C(C)C)c1-n1c(=O)nc(N2C[C@@H](C)N[C@@H](C)C2)c2cc(F)c(-c3c(N)c(Cl)c(F)c(F)c3F)nc21. The van der Waals surface area contributed by atoms with Crippen LogP contribution in [0, 0.1) is 30.2 Å². The topological polar surface area (TPSA) is 102 Å². The number of fused-ring (bicyclic) bond motifs is 1. The lowest BCUT2D eigenvalue weighted by Crippen LogP contribution is -2.55. The normalized spacial score (nSPS) is 17.6. The maximum Gasteiger partial charge on any atom is 0.355 e. The number of nitrogens with zero attached hydrogens (tertiary/aromatic N) is 5. The highest BCUT2D eigenvalue weighted by Crippen LogP contribution is 2.40. The molecule has 3 N–H and O–H groups in total. The van der Waals surface area contributed by atoms with E-state index in [9.17, 15) is 13.6 Å². The molecule has 41 heavy (non-hydrogen) atoms. The van der Waals surface area contributed by atoms with E-state index < -0.39 is 50.9 Å². The zero-order valence-corrected chi connectivity index (χ0v) is 23.7. The minimum absolute atomic E-state index is 0.0291. The Labute approximate surface area is 238 Å². The highest BCUT2D eigenvalue weighted by atomic mass is 35.5. The molecule has 0 bridgehead atoms. The second-order valence-corrected chi connectivity index (χ2v) is 11.1. The van der Waals surface area contributed by atoms with Crippen LogP contribution in [0.25, 0.3) is 28.0 Å². The van der Waals surface area contributed by atoms with Crippen molar-refractivity contribution in [3.8, 4) is 16.9 Å². The fourth-order valence-electron chi connectivity index (χ4n) is 5.39. The molecule has 0 unspecified atom stereocenters. The first-order valence-corrected chi connectivity index (χ1v) is 13.4. The van der Waals surface area contributed by atoms with Crippen LogP contribution in [0.5, 0.6) is 0 Å². The van der Waals surface area contributed by atoms with Gasteiger partial charge in [-0.25, -0.2) is 31.9 Å². The minimum atomic E-state index is -1.93. The van der Waals surface area contributed by atoms with Crippen molar-refractivity contribution in [1.29, 1.82) is 0 Å². The maximum absolute atomic E-state index is 15.8. The second kappa shape index (κ2) is 10.6. The quantitative estimate of drug-likeness (QED) is 0.145. The van der Waals surface area contributed by atoms with E-state index in [1.54, 1.807) is 19.2 Å². The molecule has 0 amide bonds. The molecular weight excluding hydrogens is 562 g/mol. The van der Waals surface area contributed by atoms with Gasteiger partial charge in [0.15, 0.2) is 28.9 Å². The Balaban J connectivity index is 1.93. The van der Waals surface area contributed by atoms with Gasteiger partial charge < -0.3 is 16.0 Å². The van der Waals surface area contributed by atoms with Crippen LogP contribution in [0.15, 0.2) is 23.1 Å². The summed E-state index contributed by atoms with van der Waals surface area (Å²) in [5.41, 5.74) is 4.27. The van der Waals surface area contributed by atoms with Crippen molar-refractivity contribution in [3.63, 3.8) is 0 Å². The van der Waals surface area contributed by atoms with E-state index in [1.807, 2.05) is 32.6 Å². The van der Waals surface area contributed by atoms with E-state index in [0.29, 0.717) is 30.0 Å². The van der Waals surface area contributed by atoms with Gasteiger partial charge in [0.2, 0.25) is 0 Å². The monoisotopic (exact) mass is 589 g/mol. The van der Waals surface area contributed by atoms with Gasteiger partial charge in [0.05, 0.1) is 28.0 Å². The number of benzene rings is 1. The number of hydrogen-bond acceptors (Lipinski definition) is 7. The van der Waals surface area contributed by atoms with Crippen LogP contribution in [0.3, 0.4) is 0 Å². The average Bonchev–Trinajstić information content (AvgIpc) is 2.91. The summed E-state index contributed by atoms with van der Waals surface area (Å²) in [4.78, 5) is 28.9. The summed E-state index contributed by atoms with van der Waals surface area (Å²) in [7, 11) is 0. The van der Waals surface area contributed by atoms with Crippen LogP contribution in [0.1, 0.15) is 44.9 Å². The maximum atomic E-state index is 15.8. The van der Waals surface area contributed by atoms with Crippen LogP contribution in [0.4, 0.5) is 29.1 Å². The number of aromatic nitrogens is 4. The van der Waals surface area contributed by atoms with Gasteiger partial charge in [-0.3, -0.25) is 4.98 Å². The molecular formula is C28H28ClF4N7O. The van der Waals surface area contributed by atoms with Gasteiger partial charge in [-0.15, -0.1) is 0 Å². The van der Waals surface area contributed by atoms with Crippen molar-refractivity contribution in [2.75, 3.05) is 23.7 Å². The Morgan fingerprint density at radius 1 is 1.07 bits per heavy atom. The minimum Gasteiger partial charge on any atom is -0.397 e. The van der Waals surface area contributed by atoms with Gasteiger partial charge in [0, 0.05) is 31.4 Å². The Kier molecular flexibility index (Phi) is 7.41. The molecule has 1 aliphatic heterocycles. The first kappa shape index (κ1) is 28.7. The molecule has 0 spiro atoms. The Morgan fingerprint density at radius 3 is 2.37 bits per heavy atom. The Morgan fingerprint density at radius 2 is 1.73 bits per heavy atom. The van der Waals surface area contributed by atoms with Crippen LogP contribution in [0.2, 0.25) is 5.02 Å². The van der Waals surface area contributed by atoms with Crippen molar-refractivity contribution >= 4 is 34.1 Å². The van der Waals surface area contributed by atoms with E-state index in [2.05, 4.69) is 20.3 Å². The molecule has 5 rings (SSSR count). The summed E-state index contributed by atoms with van der Waals surface area (Å²) >= 11 is 5.82. The number of pyridine rings is 2. The highest BCUT2D eigenvalue weighted by Gasteiger charge is 2.30. The number of nitrogens with two attached hydrogens (primary N) is 1. The van der Waals surface area contributed by atoms with Gasteiger partial charge >= 0.3 is 5.69 Å². The Bertz CT molecular complexity index is 1720. The average molecular weight is 590 g/mol. The molecule has 3 aromatic heterocycles. The molecule has 216 valence electrons. The van der Waals surface area contributed by atoms with Crippen LogP contribution < -0.4 is 21.6 Å². The van der Waals surface area contributed by atoms with Crippen LogP contribution >= 0.6 is 11.6 Å². The fourth-order valence-corrected chi connectivity index (χ4v) is 5.57. The standard InChI is InChI=1S/C28H28ClF4N7O/c1-11(2)23-25(12(3)6-7-35-23)40-27-15(26(38-28(40)41)39-9-13(4)36-14(5)10-39)8-16(30)24(37-27)17-19(31)21(33)20(32)18(29)22(17)34/h6-8,11,13-14,36H,9-10,34H2,1-5H3/t13-,14+. The van der Waals surface area contributed by atoms with Gasteiger partial charge in [-0.05, 0) is 44.4 Å². The predicted molar refractivity (Wildman–Crippen MR) is 151 cm³/mol. The summed E-state index contributed by atoms with van der Waals surface area (Å²) < 4.78 is 60.7. The molecule has 1 aromatic carbocycles. The molecule has 0 saturated carbocycles. The van der Waals surface area contributed by atoms with E-state index in [-0.39, 0.29) is 34.9 Å². The van der Waals surface area contributed by atoms with E-state index >= 15 is 8.78 Å². The van der Waals surface area contributed by atoms with Crippen LogP contribution in [-0.2, 0) is 0 Å². The van der Waals surface area contributed by atoms with E-state index in [0.717, 1.165) is 6.07 Å². The lowest BCUT2D eigenvalue weighted by molar-refractivity contribution is 0.405. The highest BCUT2D eigenvalue weighted by molar-refractivity contribution is 6.34. The third kappa shape index (κ3) is 4.78. The number of piperazine rings is 1. The summed E-state index contributed by atoms with van der Waals surface area (Å²) in [6.07, 6.45) is 1.60. The molecule has 1 fully saturated rings. The van der Waals surface area contributed by atoms with Crippen molar-refractivity contribution in [2.45, 2.75) is 52.6 Å². The number of nitrogens with one attached hydrogen (secondary N) is 1. The third-order valence-electron chi connectivity index (χ3n) is 7.12. The van der Waals surface area contributed by atoms with Crippen molar-refractivity contribution in [1.82, 2.24) is 24.8 Å². The molecule has 4 heterocycles. The number of rotatable bonds is 4. The molecule has 1 aliphatic rings. The number of nitrogen functional groups attached to an aromatic ring is 1. The van der Waals surface area contributed by atoms with E-state index in [1.165, 1.54) is 4.57 Å². The molecule has 8 nitrogen and oxygen atoms in total. The second-order valence-electron chi connectivity index (χ2n) is 10.7. The van der Waals surface area contributed by atoms with Crippen LogP contribution in [-0.4, -0.2) is 44.7 Å². The van der Waals surface area contributed by atoms with E-state index in [4.69, 9.17) is 17.3 Å². The third-order valence-corrected chi connectivity index (χ3v) is 7.49. The molecule has 0 aliphatic carbocycles. The lowest BCUT2D eigenvalue weighted by Gasteiger charge is -2.37. The molecule has 13 heteroatoms. The number of anilines is 2. The lowest BCUT2D eigenvalue weighted by atomic mass is 10.0. The predicted octanol–water partition coefficient (Wildman–Crippen LogP) is 5.25. The Hall–Kier alpha value is -3.77. The summed E-state index contributed by atoms with van der Waals surface area (Å²) in [6, 6.07) is 2.80. The van der Waals surface area contributed by atoms with Crippen molar-refractivity contribution in [3.05, 3.63) is 68.4 Å². The van der Waals surface area contributed by atoms with Gasteiger partial charge in [0.25, 0.3) is 0 Å². The number of aryl methyl sites for hydroxylation is 1. The summed E-state index contributed by atoms with van der Waals surface area (Å²) in [6.45, 7) is 10.4. The van der Waals surface area contributed by atoms with Crippen molar-refractivity contribution in [2.24, 2.45) is 0 Å². The van der Waals surface area contributed by atoms with Gasteiger partial charge in [0.1, 0.15) is 16.5 Å². The zero-order chi connectivity index (χ0) is 29.9. The first-order valence-electron chi connectivity index (χ1n) is 13.0. The molecule has 2 atom stereocenters. The van der Waals surface area contributed by atoms with Crippen molar-refractivity contribution < 1.29 is 17.6 Å². The zero-order valence-electron chi connectivity index (χ0n) is 23.0. The number of halogens is 5. The van der Waals surface area contributed by atoms with Gasteiger partial charge in [-0.2, -0.15) is 4.98 Å². The fraction of sp³-hybridized carbons (Fsp3) is 0.357.